The van der Waals surface area contributed by atoms with Crippen LogP contribution in [-0.2, 0) is 16.1 Å². The molecule has 2 aromatic carbocycles. The monoisotopic (exact) mass is 447 g/mol. The number of ketones is 1. The van der Waals surface area contributed by atoms with E-state index >= 15 is 0 Å². The molecule has 1 aliphatic rings. The van der Waals surface area contributed by atoms with Gasteiger partial charge in [0.05, 0.1) is 38.1 Å². The van der Waals surface area contributed by atoms with Gasteiger partial charge in [0.15, 0.2) is 0 Å². The Bertz CT molecular complexity index is 1190. The number of hydrogen-bond donors (Lipinski definition) is 1. The van der Waals surface area contributed by atoms with Gasteiger partial charge in [-0.1, -0.05) is 12.1 Å². The zero-order chi connectivity index (χ0) is 23.5. The van der Waals surface area contributed by atoms with E-state index in [1.807, 2.05) is 13.8 Å². The van der Waals surface area contributed by atoms with Gasteiger partial charge in [0.1, 0.15) is 23.0 Å². The number of aliphatic hydroxyl groups is 1. The Morgan fingerprint density at radius 2 is 1.82 bits per heavy atom. The number of aryl methyl sites for hydroxylation is 1. The fourth-order valence-electron chi connectivity index (χ4n) is 4.05. The third-order valence-corrected chi connectivity index (χ3v) is 5.64. The second-order valence-corrected chi connectivity index (χ2v) is 7.69. The molecule has 1 atom stereocenters. The third-order valence-electron chi connectivity index (χ3n) is 5.64. The van der Waals surface area contributed by atoms with Crippen molar-refractivity contribution in [3.8, 4) is 11.5 Å². The summed E-state index contributed by atoms with van der Waals surface area (Å²) in [4.78, 5) is 27.6. The van der Waals surface area contributed by atoms with Crippen molar-refractivity contribution in [1.82, 2.24) is 4.90 Å². The Morgan fingerprint density at radius 1 is 1.09 bits per heavy atom. The van der Waals surface area contributed by atoms with Gasteiger partial charge < -0.3 is 23.9 Å². The van der Waals surface area contributed by atoms with Crippen molar-refractivity contribution < 1.29 is 28.6 Å². The number of methoxy groups -OCH3 is 1. The molecule has 3 aromatic rings. The molecule has 33 heavy (non-hydrogen) atoms. The lowest BCUT2D eigenvalue weighted by atomic mass is 9.94. The molecule has 1 fully saturated rings. The van der Waals surface area contributed by atoms with Crippen LogP contribution in [0.15, 0.2) is 70.9 Å². The first-order chi connectivity index (χ1) is 15.9. The van der Waals surface area contributed by atoms with Crippen LogP contribution in [0.4, 0.5) is 0 Å². The number of rotatable bonds is 7. The minimum atomic E-state index is -0.785. The summed E-state index contributed by atoms with van der Waals surface area (Å²) >= 11 is 0. The molecule has 1 aromatic heterocycles. The Hall–Kier alpha value is -4.00. The second kappa shape index (κ2) is 9.24. The molecule has 1 aliphatic heterocycles. The Morgan fingerprint density at radius 3 is 2.42 bits per heavy atom. The summed E-state index contributed by atoms with van der Waals surface area (Å²) in [7, 11) is 1.56. The molecular formula is C26H25NO6. The lowest BCUT2D eigenvalue weighted by Crippen LogP contribution is -2.29. The molecule has 0 saturated carbocycles. The van der Waals surface area contributed by atoms with Crippen LogP contribution >= 0.6 is 0 Å². The van der Waals surface area contributed by atoms with Crippen molar-refractivity contribution in [1.29, 1.82) is 0 Å². The lowest BCUT2D eigenvalue weighted by molar-refractivity contribution is -0.140. The number of Topliss-reactive ketones (excluding diaryl/α,β-unsaturated/α-hetero) is 1. The largest absolute Gasteiger partial charge is 0.507 e. The summed E-state index contributed by atoms with van der Waals surface area (Å²) in [6.07, 6.45) is 1.51. The number of aliphatic hydroxyl groups excluding tert-OH is 1. The van der Waals surface area contributed by atoms with E-state index in [9.17, 15) is 14.7 Å². The average molecular weight is 447 g/mol. The van der Waals surface area contributed by atoms with Gasteiger partial charge in [0, 0.05) is 5.56 Å². The van der Waals surface area contributed by atoms with E-state index in [4.69, 9.17) is 13.9 Å². The van der Waals surface area contributed by atoms with Crippen molar-refractivity contribution in [3.63, 3.8) is 0 Å². The predicted octanol–water partition coefficient (Wildman–Crippen LogP) is 4.62. The number of furan rings is 1. The summed E-state index contributed by atoms with van der Waals surface area (Å²) in [5.74, 6) is 0.176. The maximum absolute atomic E-state index is 13.2. The summed E-state index contributed by atoms with van der Waals surface area (Å²) < 4.78 is 16.2. The van der Waals surface area contributed by atoms with Gasteiger partial charge in [0.25, 0.3) is 11.7 Å². The maximum atomic E-state index is 13.2. The van der Waals surface area contributed by atoms with Gasteiger partial charge in [-0.25, -0.2) is 0 Å². The summed E-state index contributed by atoms with van der Waals surface area (Å²) in [6.45, 7) is 4.31. The fraction of sp³-hybridized carbons (Fsp3) is 0.231. The quantitative estimate of drug-likeness (QED) is 0.323. The smallest absolute Gasteiger partial charge is 0.296 e. The van der Waals surface area contributed by atoms with Gasteiger partial charge >= 0.3 is 0 Å². The van der Waals surface area contributed by atoms with E-state index in [0.717, 1.165) is 5.56 Å². The molecular weight excluding hydrogens is 422 g/mol. The van der Waals surface area contributed by atoms with E-state index in [2.05, 4.69) is 0 Å². The van der Waals surface area contributed by atoms with Crippen molar-refractivity contribution in [2.75, 3.05) is 13.7 Å². The lowest BCUT2D eigenvalue weighted by Gasteiger charge is -2.25. The Labute approximate surface area is 191 Å². The van der Waals surface area contributed by atoms with E-state index < -0.39 is 17.7 Å². The first kappa shape index (κ1) is 22.2. The number of carbonyl (C=O) groups is 2. The van der Waals surface area contributed by atoms with Gasteiger partial charge in [-0.15, -0.1) is 0 Å². The zero-order valence-corrected chi connectivity index (χ0v) is 18.7. The number of hydrogen-bond acceptors (Lipinski definition) is 6. The molecule has 4 rings (SSSR count). The van der Waals surface area contributed by atoms with Crippen LogP contribution < -0.4 is 9.47 Å². The van der Waals surface area contributed by atoms with Crippen LogP contribution in [0.5, 0.6) is 11.5 Å². The van der Waals surface area contributed by atoms with E-state index in [0.29, 0.717) is 35.0 Å². The number of nitrogens with zero attached hydrogens (tertiary/aromatic N) is 1. The van der Waals surface area contributed by atoms with Crippen LogP contribution in [0.3, 0.4) is 0 Å². The average Bonchev–Trinajstić information content (AvgIpc) is 3.42. The fourth-order valence-corrected chi connectivity index (χ4v) is 4.05. The van der Waals surface area contributed by atoms with Gasteiger partial charge in [0.2, 0.25) is 0 Å². The molecule has 7 nitrogen and oxygen atoms in total. The first-order valence-corrected chi connectivity index (χ1v) is 10.6. The number of amides is 1. The predicted molar refractivity (Wildman–Crippen MR) is 122 cm³/mol. The van der Waals surface area contributed by atoms with Crippen LogP contribution in [0.25, 0.3) is 5.76 Å². The molecule has 1 N–H and O–H groups in total. The number of likely N-dealkylation sites (tertiary alicyclic amines) is 1. The van der Waals surface area contributed by atoms with Gasteiger partial charge in [-0.3, -0.25) is 9.59 Å². The molecule has 0 bridgehead atoms. The summed E-state index contributed by atoms with van der Waals surface area (Å²) in [6, 6.07) is 15.0. The number of carbonyl (C=O) groups excluding carboxylic acids is 2. The van der Waals surface area contributed by atoms with Gasteiger partial charge in [-0.05, 0) is 67.4 Å². The van der Waals surface area contributed by atoms with Crippen molar-refractivity contribution in [2.24, 2.45) is 0 Å². The summed E-state index contributed by atoms with van der Waals surface area (Å²) in [5, 5.41) is 11.3. The molecule has 0 aliphatic carbocycles. The standard InChI is InChI=1S/C26H25NO6/c1-4-32-18-9-7-17(8-10-18)23-22(24(28)21-12-11-19(31-3)14-16(21)2)25(29)26(30)27(23)15-20-6-5-13-33-20/h5-14,23,28H,4,15H2,1-3H3/b24-22-. The highest BCUT2D eigenvalue weighted by molar-refractivity contribution is 6.46. The van der Waals surface area contributed by atoms with Gasteiger partial charge in [-0.2, -0.15) is 0 Å². The highest BCUT2D eigenvalue weighted by Gasteiger charge is 2.46. The van der Waals surface area contributed by atoms with Crippen molar-refractivity contribution >= 4 is 17.4 Å². The molecule has 0 spiro atoms. The molecule has 0 radical (unpaired) electrons. The Balaban J connectivity index is 1.85. The maximum Gasteiger partial charge on any atom is 0.296 e. The van der Waals surface area contributed by atoms with Crippen molar-refractivity contribution in [2.45, 2.75) is 26.4 Å². The number of ether oxygens (including phenoxy) is 2. The minimum Gasteiger partial charge on any atom is -0.507 e. The van der Waals surface area contributed by atoms with Crippen LogP contribution in [0.2, 0.25) is 0 Å². The highest BCUT2D eigenvalue weighted by atomic mass is 16.5. The molecule has 1 unspecified atom stereocenters. The number of benzene rings is 2. The third kappa shape index (κ3) is 4.22. The summed E-state index contributed by atoms with van der Waals surface area (Å²) in [5.41, 5.74) is 1.89. The SMILES string of the molecule is CCOc1ccc(C2/C(=C(/O)c3ccc(OC)cc3C)C(=O)C(=O)N2Cc2ccco2)cc1. The van der Waals surface area contributed by atoms with E-state index in [1.54, 1.807) is 61.7 Å². The minimum absolute atomic E-state index is 0.0315. The van der Waals surface area contributed by atoms with Crippen LogP contribution in [-0.4, -0.2) is 35.4 Å². The molecule has 1 amide bonds. The highest BCUT2D eigenvalue weighted by Crippen LogP contribution is 2.41. The van der Waals surface area contributed by atoms with E-state index in [-0.39, 0.29) is 17.9 Å². The van der Waals surface area contributed by atoms with Crippen molar-refractivity contribution in [3.05, 3.63) is 88.9 Å². The molecule has 170 valence electrons. The topological polar surface area (TPSA) is 89.2 Å². The van der Waals surface area contributed by atoms with Crippen LogP contribution in [0, 0.1) is 6.92 Å². The molecule has 7 heteroatoms. The zero-order valence-electron chi connectivity index (χ0n) is 18.7. The Kier molecular flexibility index (Phi) is 6.22. The second-order valence-electron chi connectivity index (χ2n) is 7.69. The molecule has 2 heterocycles. The first-order valence-electron chi connectivity index (χ1n) is 10.6. The normalized spacial score (nSPS) is 17.4. The van der Waals surface area contributed by atoms with E-state index in [1.165, 1.54) is 11.2 Å². The van der Waals surface area contributed by atoms with Crippen LogP contribution in [0.1, 0.15) is 35.4 Å². The molecule has 1 saturated heterocycles.